The molecule has 5 heteroatoms. The number of nitrogens with one attached hydrogen (secondary N) is 1. The Balaban J connectivity index is 2.70. The van der Waals surface area contributed by atoms with Crippen LogP contribution in [-0.2, 0) is 5.75 Å². The summed E-state index contributed by atoms with van der Waals surface area (Å²) in [6.45, 7) is 6.48. The van der Waals surface area contributed by atoms with Crippen LogP contribution in [0.5, 0.6) is 0 Å². The van der Waals surface area contributed by atoms with Crippen LogP contribution in [0.1, 0.15) is 36.0 Å². The van der Waals surface area contributed by atoms with Gasteiger partial charge in [0, 0.05) is 10.5 Å². The third-order valence-corrected chi connectivity index (χ3v) is 4.02. The summed E-state index contributed by atoms with van der Waals surface area (Å²) < 4.78 is 0.207. The highest BCUT2D eigenvalue weighted by atomic mass is 32.2. The van der Waals surface area contributed by atoms with Crippen molar-refractivity contribution in [2.75, 3.05) is 0 Å². The molecule has 0 unspecified atom stereocenters. The van der Waals surface area contributed by atoms with Crippen molar-refractivity contribution >= 4 is 29.0 Å². The molecule has 0 aliphatic heterocycles. The van der Waals surface area contributed by atoms with E-state index in [4.69, 9.17) is 5.84 Å². The number of rotatable bonds is 3. The van der Waals surface area contributed by atoms with E-state index in [-0.39, 0.29) is 10.7 Å². The van der Waals surface area contributed by atoms with Gasteiger partial charge in [-0.05, 0) is 17.0 Å². The Hall–Kier alpha value is -0.520. The summed E-state index contributed by atoms with van der Waals surface area (Å²) in [6, 6.07) is 1.98. The molecule has 0 bridgehead atoms. The molecule has 3 nitrogen and oxygen atoms in total. The van der Waals surface area contributed by atoms with Crippen LogP contribution >= 0.6 is 23.1 Å². The van der Waals surface area contributed by atoms with E-state index in [9.17, 15) is 4.79 Å². The van der Waals surface area contributed by atoms with Crippen LogP contribution in [0.2, 0.25) is 0 Å². The molecule has 1 amide bonds. The summed E-state index contributed by atoms with van der Waals surface area (Å²) in [5, 5.41) is 1.92. The molecule has 0 aromatic carbocycles. The fourth-order valence-electron chi connectivity index (χ4n) is 1.01. The van der Waals surface area contributed by atoms with Crippen molar-refractivity contribution in [3.63, 3.8) is 0 Å². The Labute approximate surface area is 98.4 Å². The number of carbonyl (C=O) groups excluding carboxylic acids is 1. The number of hydrogen-bond donors (Lipinski definition) is 2. The van der Waals surface area contributed by atoms with Crippen molar-refractivity contribution in [2.45, 2.75) is 31.3 Å². The summed E-state index contributed by atoms with van der Waals surface area (Å²) in [6.07, 6.45) is 0. The largest absolute Gasteiger partial charge is 0.289 e. The lowest BCUT2D eigenvalue weighted by molar-refractivity contribution is 0.0957. The zero-order valence-electron chi connectivity index (χ0n) is 9.16. The Morgan fingerprint density at radius 2 is 2.27 bits per heavy atom. The van der Waals surface area contributed by atoms with Crippen molar-refractivity contribution in [3.8, 4) is 0 Å². The van der Waals surface area contributed by atoms with Crippen LogP contribution < -0.4 is 11.3 Å². The molecular formula is C10H16N2OS2. The van der Waals surface area contributed by atoms with E-state index in [1.165, 1.54) is 11.3 Å². The van der Waals surface area contributed by atoms with Crippen molar-refractivity contribution < 1.29 is 4.79 Å². The van der Waals surface area contributed by atoms with Crippen molar-refractivity contribution in [3.05, 3.63) is 21.9 Å². The summed E-state index contributed by atoms with van der Waals surface area (Å²) in [5.74, 6) is 5.76. The molecule has 3 N–H and O–H groups in total. The molecule has 0 aliphatic rings. The van der Waals surface area contributed by atoms with Gasteiger partial charge in [-0.1, -0.05) is 20.8 Å². The van der Waals surface area contributed by atoms with Crippen molar-refractivity contribution in [1.29, 1.82) is 0 Å². The van der Waals surface area contributed by atoms with Gasteiger partial charge in [-0.3, -0.25) is 10.2 Å². The van der Waals surface area contributed by atoms with Gasteiger partial charge in [-0.2, -0.15) is 11.8 Å². The Morgan fingerprint density at radius 3 is 2.80 bits per heavy atom. The molecule has 0 fully saturated rings. The number of nitrogen functional groups attached to an aromatic ring is 1. The first-order valence-electron chi connectivity index (χ1n) is 4.65. The maximum Gasteiger partial charge on any atom is 0.275 e. The SMILES string of the molecule is CC(C)(C)SCc1ccsc1C(=O)NN. The molecule has 1 aromatic rings. The minimum atomic E-state index is -0.200. The lowest BCUT2D eigenvalue weighted by Crippen LogP contribution is -2.29. The first-order valence-corrected chi connectivity index (χ1v) is 6.52. The third kappa shape index (κ3) is 3.85. The van der Waals surface area contributed by atoms with Gasteiger partial charge in [0.2, 0.25) is 0 Å². The number of hydrazine groups is 1. The first-order chi connectivity index (χ1) is 6.94. The van der Waals surface area contributed by atoms with Gasteiger partial charge in [-0.25, -0.2) is 5.84 Å². The summed E-state index contributed by atoms with van der Waals surface area (Å²) in [4.78, 5) is 12.1. The lowest BCUT2D eigenvalue weighted by Gasteiger charge is -2.17. The second kappa shape index (κ2) is 5.01. The second-order valence-electron chi connectivity index (χ2n) is 4.15. The van der Waals surface area contributed by atoms with E-state index in [0.717, 1.165) is 11.3 Å². The quantitative estimate of drug-likeness (QED) is 0.487. The van der Waals surface area contributed by atoms with E-state index < -0.39 is 0 Å². The van der Waals surface area contributed by atoms with E-state index >= 15 is 0 Å². The standard InChI is InChI=1S/C10H16N2OS2/c1-10(2,3)15-6-7-4-5-14-8(7)9(13)12-11/h4-5H,6,11H2,1-3H3,(H,12,13). The zero-order valence-corrected chi connectivity index (χ0v) is 10.8. The Morgan fingerprint density at radius 1 is 1.60 bits per heavy atom. The monoisotopic (exact) mass is 244 g/mol. The highest BCUT2D eigenvalue weighted by Gasteiger charge is 2.15. The highest BCUT2D eigenvalue weighted by Crippen LogP contribution is 2.30. The van der Waals surface area contributed by atoms with E-state index in [0.29, 0.717) is 4.88 Å². The minimum Gasteiger partial charge on any atom is -0.289 e. The average Bonchev–Trinajstić information content (AvgIpc) is 2.60. The maximum atomic E-state index is 11.4. The molecular weight excluding hydrogens is 228 g/mol. The van der Waals surface area contributed by atoms with Gasteiger partial charge in [-0.15, -0.1) is 11.3 Å². The minimum absolute atomic E-state index is 0.200. The molecule has 1 heterocycles. The van der Waals surface area contributed by atoms with Crippen molar-refractivity contribution in [2.24, 2.45) is 5.84 Å². The third-order valence-electron chi connectivity index (χ3n) is 1.74. The topological polar surface area (TPSA) is 55.1 Å². The molecule has 84 valence electrons. The van der Waals surface area contributed by atoms with Gasteiger partial charge in [0.15, 0.2) is 0 Å². The highest BCUT2D eigenvalue weighted by molar-refractivity contribution is 7.99. The smallest absolute Gasteiger partial charge is 0.275 e. The van der Waals surface area contributed by atoms with E-state index in [2.05, 4.69) is 26.2 Å². The first kappa shape index (κ1) is 12.5. The maximum absolute atomic E-state index is 11.4. The number of amides is 1. The summed E-state index contributed by atoms with van der Waals surface area (Å²) in [5.41, 5.74) is 3.23. The number of thiophene rings is 1. The second-order valence-corrected chi connectivity index (χ2v) is 6.87. The van der Waals surface area contributed by atoms with Crippen LogP contribution in [0.4, 0.5) is 0 Å². The van der Waals surface area contributed by atoms with Gasteiger partial charge in [0.1, 0.15) is 0 Å². The van der Waals surface area contributed by atoms with E-state index in [1.807, 2.05) is 23.2 Å². The number of carbonyl (C=O) groups is 1. The van der Waals surface area contributed by atoms with E-state index in [1.54, 1.807) is 0 Å². The fourth-order valence-corrected chi connectivity index (χ4v) is 2.75. The molecule has 0 saturated carbocycles. The van der Waals surface area contributed by atoms with Crippen LogP contribution in [0.15, 0.2) is 11.4 Å². The normalized spacial score (nSPS) is 11.5. The fraction of sp³-hybridized carbons (Fsp3) is 0.500. The van der Waals surface area contributed by atoms with Gasteiger partial charge in [0.25, 0.3) is 5.91 Å². The molecule has 1 aromatic heterocycles. The molecule has 0 atom stereocenters. The van der Waals surface area contributed by atoms with Crippen LogP contribution in [0.25, 0.3) is 0 Å². The predicted octanol–water partition coefficient (Wildman–Crippen LogP) is 2.38. The van der Waals surface area contributed by atoms with Crippen molar-refractivity contribution in [1.82, 2.24) is 5.43 Å². The number of thioether (sulfide) groups is 1. The Bertz CT molecular complexity index is 341. The van der Waals surface area contributed by atoms with Gasteiger partial charge in [0.05, 0.1) is 4.88 Å². The predicted molar refractivity (Wildman–Crippen MR) is 67.0 cm³/mol. The Kier molecular flexibility index (Phi) is 4.19. The summed E-state index contributed by atoms with van der Waals surface area (Å²) >= 11 is 3.25. The molecule has 0 spiro atoms. The van der Waals surface area contributed by atoms with Gasteiger partial charge < -0.3 is 0 Å². The molecule has 1 rings (SSSR count). The lowest BCUT2D eigenvalue weighted by atomic mass is 10.2. The van der Waals surface area contributed by atoms with Crippen LogP contribution in [-0.4, -0.2) is 10.7 Å². The number of hydrogen-bond acceptors (Lipinski definition) is 4. The van der Waals surface area contributed by atoms with Gasteiger partial charge >= 0.3 is 0 Å². The molecule has 0 aliphatic carbocycles. The van der Waals surface area contributed by atoms with Crippen LogP contribution in [0, 0.1) is 0 Å². The molecule has 0 saturated heterocycles. The molecule has 15 heavy (non-hydrogen) atoms. The summed E-state index contributed by atoms with van der Waals surface area (Å²) in [7, 11) is 0. The van der Waals surface area contributed by atoms with Crippen LogP contribution in [0.3, 0.4) is 0 Å². The zero-order chi connectivity index (χ0) is 11.5. The number of nitrogens with two attached hydrogens (primary N) is 1. The average molecular weight is 244 g/mol. The molecule has 0 radical (unpaired) electrons.